The molecule has 3 aromatic carbocycles. The molecule has 6 nitrogen and oxygen atoms in total. The number of rotatable bonds is 9. The average Bonchev–Trinajstić information content (AvgIpc) is 2.84. The summed E-state index contributed by atoms with van der Waals surface area (Å²) in [5.74, 6) is -0.271. The van der Waals surface area contributed by atoms with Gasteiger partial charge in [0.05, 0.1) is 10.9 Å². The first-order valence-electron chi connectivity index (χ1n) is 11.4. The summed E-state index contributed by atoms with van der Waals surface area (Å²) in [6.45, 7) is 2.05. The largest absolute Gasteiger partial charge is 0.326 e. The topological polar surface area (TPSA) is 92.3 Å². The first kappa shape index (κ1) is 23.9. The molecule has 0 spiro atoms. The van der Waals surface area contributed by atoms with E-state index in [1.54, 1.807) is 12.1 Å². The van der Waals surface area contributed by atoms with Crippen molar-refractivity contribution in [1.29, 1.82) is 0 Å². The van der Waals surface area contributed by atoms with Crippen LogP contribution in [-0.4, -0.2) is 26.2 Å². The first-order chi connectivity index (χ1) is 16.3. The second-order valence-electron chi connectivity index (χ2n) is 8.55. The van der Waals surface area contributed by atoms with Crippen LogP contribution < -0.4 is 10.0 Å². The standard InChI is InChI=1S/C27H28N2O4S/c1-2-19-9-6-10-21(15-19)17-26(30)25(16-20-7-4-3-5-8-20)29-34(32,33)23-12-13-24-22(18-23)11-14-27(31)28-24/h3-10,12-13,15,18,25,29H,2,11,14,16-17H2,1H3,(H,28,31). The molecule has 0 aliphatic carbocycles. The fourth-order valence-electron chi connectivity index (χ4n) is 4.14. The molecule has 1 atom stereocenters. The Morgan fingerprint density at radius 1 is 0.941 bits per heavy atom. The molecule has 176 valence electrons. The molecule has 0 radical (unpaired) electrons. The van der Waals surface area contributed by atoms with Crippen molar-refractivity contribution in [2.45, 2.75) is 50.0 Å². The van der Waals surface area contributed by atoms with E-state index >= 15 is 0 Å². The highest BCUT2D eigenvalue weighted by Gasteiger charge is 2.27. The van der Waals surface area contributed by atoms with Crippen LogP contribution in [0.1, 0.15) is 35.6 Å². The third kappa shape index (κ3) is 5.79. The van der Waals surface area contributed by atoms with E-state index in [9.17, 15) is 18.0 Å². The van der Waals surface area contributed by atoms with Gasteiger partial charge in [-0.15, -0.1) is 0 Å². The fraction of sp³-hybridized carbons (Fsp3) is 0.259. The molecule has 0 bridgehead atoms. The van der Waals surface area contributed by atoms with Crippen LogP contribution in [0.2, 0.25) is 0 Å². The molecular weight excluding hydrogens is 448 g/mol. The van der Waals surface area contributed by atoms with Crippen molar-refractivity contribution in [2.24, 2.45) is 0 Å². The highest BCUT2D eigenvalue weighted by Crippen LogP contribution is 2.26. The lowest BCUT2D eigenvalue weighted by Crippen LogP contribution is -2.43. The number of carbonyl (C=O) groups is 2. The van der Waals surface area contributed by atoms with Crippen molar-refractivity contribution in [1.82, 2.24) is 4.72 Å². The Bertz CT molecular complexity index is 1300. The molecule has 2 N–H and O–H groups in total. The zero-order chi connectivity index (χ0) is 24.1. The Hall–Kier alpha value is -3.29. The van der Waals surface area contributed by atoms with Crippen LogP contribution in [-0.2, 0) is 45.3 Å². The summed E-state index contributed by atoms with van der Waals surface area (Å²) in [4.78, 5) is 25.0. The quantitative estimate of drug-likeness (QED) is 0.491. The molecule has 7 heteroatoms. The minimum absolute atomic E-state index is 0.0816. The fourth-order valence-corrected chi connectivity index (χ4v) is 5.41. The lowest BCUT2D eigenvalue weighted by molar-refractivity contribution is -0.120. The van der Waals surface area contributed by atoms with Gasteiger partial charge in [-0.25, -0.2) is 13.1 Å². The van der Waals surface area contributed by atoms with Gasteiger partial charge in [-0.2, -0.15) is 0 Å². The van der Waals surface area contributed by atoms with Crippen LogP contribution in [0.5, 0.6) is 0 Å². The molecule has 1 amide bonds. The van der Waals surface area contributed by atoms with Crippen molar-refractivity contribution in [3.05, 3.63) is 95.1 Å². The summed E-state index contributed by atoms with van der Waals surface area (Å²) in [5.41, 5.74) is 4.27. The van der Waals surface area contributed by atoms with Crippen molar-refractivity contribution in [3.63, 3.8) is 0 Å². The maximum absolute atomic E-state index is 13.3. The van der Waals surface area contributed by atoms with Gasteiger partial charge in [-0.1, -0.05) is 61.5 Å². The van der Waals surface area contributed by atoms with Crippen molar-refractivity contribution < 1.29 is 18.0 Å². The van der Waals surface area contributed by atoms with Crippen LogP contribution in [0.3, 0.4) is 0 Å². The molecule has 0 saturated carbocycles. The highest BCUT2D eigenvalue weighted by molar-refractivity contribution is 7.89. The van der Waals surface area contributed by atoms with Crippen LogP contribution >= 0.6 is 0 Å². The molecule has 1 unspecified atom stereocenters. The van der Waals surface area contributed by atoms with Crippen molar-refractivity contribution in [2.75, 3.05) is 5.32 Å². The van der Waals surface area contributed by atoms with Crippen LogP contribution in [0.15, 0.2) is 77.7 Å². The Kier molecular flexibility index (Phi) is 7.24. The number of amides is 1. The number of hydrogen-bond donors (Lipinski definition) is 2. The van der Waals surface area contributed by atoms with E-state index in [1.165, 1.54) is 6.07 Å². The summed E-state index contributed by atoms with van der Waals surface area (Å²) in [6.07, 6.45) is 2.05. The summed E-state index contributed by atoms with van der Waals surface area (Å²) in [7, 11) is -3.96. The van der Waals surface area contributed by atoms with E-state index in [-0.39, 0.29) is 29.4 Å². The zero-order valence-corrected chi connectivity index (χ0v) is 19.9. The van der Waals surface area contributed by atoms with Gasteiger partial charge in [0.1, 0.15) is 0 Å². The number of Topliss-reactive ketones (excluding diaryl/α,β-unsaturated/α-hetero) is 1. The van der Waals surface area contributed by atoms with Gasteiger partial charge >= 0.3 is 0 Å². The number of ketones is 1. The summed E-state index contributed by atoms with van der Waals surface area (Å²) >= 11 is 0. The first-order valence-corrected chi connectivity index (χ1v) is 12.9. The number of aryl methyl sites for hydroxylation is 2. The minimum atomic E-state index is -3.96. The number of sulfonamides is 1. The molecule has 0 aromatic heterocycles. The second kappa shape index (κ2) is 10.3. The number of carbonyl (C=O) groups excluding carboxylic acids is 2. The average molecular weight is 477 g/mol. The Labute approximate surface area is 200 Å². The summed E-state index contributed by atoms with van der Waals surface area (Å²) in [6, 6.07) is 20.9. The van der Waals surface area contributed by atoms with Gasteiger partial charge in [0.15, 0.2) is 5.78 Å². The van der Waals surface area contributed by atoms with Crippen LogP contribution in [0.25, 0.3) is 0 Å². The predicted molar refractivity (Wildman–Crippen MR) is 132 cm³/mol. The lowest BCUT2D eigenvalue weighted by atomic mass is 9.97. The Morgan fingerprint density at radius 3 is 2.44 bits per heavy atom. The molecule has 4 rings (SSSR count). The van der Waals surface area contributed by atoms with Gasteiger partial charge in [0, 0.05) is 18.5 Å². The van der Waals surface area contributed by atoms with Crippen molar-refractivity contribution >= 4 is 27.4 Å². The van der Waals surface area contributed by atoms with Gasteiger partial charge in [0.25, 0.3) is 0 Å². The monoisotopic (exact) mass is 476 g/mol. The van der Waals surface area contributed by atoms with Crippen molar-refractivity contribution in [3.8, 4) is 0 Å². The molecule has 1 aliphatic rings. The second-order valence-corrected chi connectivity index (χ2v) is 10.3. The third-order valence-electron chi connectivity index (χ3n) is 6.03. The molecule has 1 aliphatic heterocycles. The van der Waals surface area contributed by atoms with E-state index in [0.717, 1.165) is 28.7 Å². The maximum Gasteiger partial charge on any atom is 0.241 e. The smallest absolute Gasteiger partial charge is 0.241 e. The number of hydrogen-bond acceptors (Lipinski definition) is 4. The summed E-state index contributed by atoms with van der Waals surface area (Å²) < 4.78 is 29.2. The van der Waals surface area contributed by atoms with E-state index in [2.05, 4.69) is 17.0 Å². The van der Waals surface area contributed by atoms with Crippen LogP contribution in [0.4, 0.5) is 5.69 Å². The molecule has 3 aromatic rings. The molecule has 34 heavy (non-hydrogen) atoms. The molecule has 0 fully saturated rings. The lowest BCUT2D eigenvalue weighted by Gasteiger charge is -2.20. The molecular formula is C27H28N2O4S. The van der Waals surface area contributed by atoms with E-state index in [4.69, 9.17) is 0 Å². The third-order valence-corrected chi connectivity index (χ3v) is 7.50. The van der Waals surface area contributed by atoms with Gasteiger partial charge in [-0.05, 0) is 59.7 Å². The maximum atomic E-state index is 13.3. The van der Waals surface area contributed by atoms with Gasteiger partial charge in [0.2, 0.25) is 15.9 Å². The Morgan fingerprint density at radius 2 is 1.68 bits per heavy atom. The Balaban J connectivity index is 1.59. The minimum Gasteiger partial charge on any atom is -0.326 e. The van der Waals surface area contributed by atoms with Crippen LogP contribution in [0, 0.1) is 0 Å². The SMILES string of the molecule is CCc1cccc(CC(=O)C(Cc2ccccc2)NS(=O)(=O)c2ccc3c(c2)CCC(=O)N3)c1. The molecule has 0 saturated heterocycles. The van der Waals surface area contributed by atoms with Gasteiger partial charge < -0.3 is 5.32 Å². The molecule has 1 heterocycles. The number of nitrogens with one attached hydrogen (secondary N) is 2. The van der Waals surface area contributed by atoms with E-state index in [0.29, 0.717) is 18.5 Å². The number of anilines is 1. The zero-order valence-electron chi connectivity index (χ0n) is 19.1. The predicted octanol–water partition coefficient (Wildman–Crippen LogP) is 3.84. The van der Waals surface area contributed by atoms with E-state index < -0.39 is 16.1 Å². The van der Waals surface area contributed by atoms with E-state index in [1.807, 2.05) is 54.6 Å². The van der Waals surface area contributed by atoms with Gasteiger partial charge in [-0.3, -0.25) is 9.59 Å². The summed E-state index contributed by atoms with van der Waals surface area (Å²) in [5, 5.41) is 2.76. The highest BCUT2D eigenvalue weighted by atomic mass is 32.2. The number of fused-ring (bicyclic) bond motifs is 1. The normalized spacial score (nSPS) is 14.2. The number of benzene rings is 3.